The third kappa shape index (κ3) is 3.33. The first-order valence-corrected chi connectivity index (χ1v) is 11.5. The molecule has 0 unspecified atom stereocenters. The van der Waals surface area contributed by atoms with E-state index in [0.29, 0.717) is 5.56 Å². The molecule has 0 aliphatic carbocycles. The molecule has 0 radical (unpaired) electrons. The molecule has 1 aromatic rings. The molecule has 1 fully saturated rings. The highest BCUT2D eigenvalue weighted by atomic mass is 28.4. The van der Waals surface area contributed by atoms with Crippen molar-refractivity contribution in [2.45, 2.75) is 64.9 Å². The predicted molar refractivity (Wildman–Crippen MR) is 98.3 cm³/mol. The van der Waals surface area contributed by atoms with Crippen LogP contribution in [0.5, 0.6) is 0 Å². The standard InChI is InChI=1S/C19H29NO3Si/c1-6-24(7-2,8-3)23-17-16(14(4)5)20(19(17)22)18(21)15-12-10-9-11-13-15/h9-14,16-17H,6-8H2,1-5H3/t16-,17+/m1/s1. The van der Waals surface area contributed by atoms with E-state index in [9.17, 15) is 9.59 Å². The molecule has 1 aromatic carbocycles. The molecule has 2 amide bonds. The molecule has 0 N–H and O–H groups in total. The van der Waals surface area contributed by atoms with E-state index in [2.05, 4.69) is 20.8 Å². The van der Waals surface area contributed by atoms with Crippen LogP contribution >= 0.6 is 0 Å². The minimum atomic E-state index is -1.88. The Hall–Kier alpha value is -1.46. The zero-order valence-corrected chi connectivity index (χ0v) is 16.4. The van der Waals surface area contributed by atoms with E-state index in [4.69, 9.17) is 4.43 Å². The van der Waals surface area contributed by atoms with Crippen LogP contribution < -0.4 is 0 Å². The van der Waals surface area contributed by atoms with Gasteiger partial charge in [0, 0.05) is 5.56 Å². The fraction of sp³-hybridized carbons (Fsp3) is 0.579. The van der Waals surface area contributed by atoms with Crippen LogP contribution in [0.25, 0.3) is 0 Å². The van der Waals surface area contributed by atoms with Crippen molar-refractivity contribution in [3.63, 3.8) is 0 Å². The molecule has 0 saturated carbocycles. The average molecular weight is 348 g/mol. The van der Waals surface area contributed by atoms with Crippen LogP contribution in [-0.2, 0) is 9.22 Å². The summed E-state index contributed by atoms with van der Waals surface area (Å²) in [6.07, 6.45) is -0.454. The summed E-state index contributed by atoms with van der Waals surface area (Å²) >= 11 is 0. The van der Waals surface area contributed by atoms with E-state index in [1.807, 2.05) is 32.0 Å². The Bertz CT molecular complexity index is 575. The van der Waals surface area contributed by atoms with Gasteiger partial charge in [-0.15, -0.1) is 0 Å². The lowest BCUT2D eigenvalue weighted by atomic mass is 9.87. The van der Waals surface area contributed by atoms with Crippen LogP contribution in [0.15, 0.2) is 30.3 Å². The number of amides is 2. The van der Waals surface area contributed by atoms with Gasteiger partial charge < -0.3 is 4.43 Å². The van der Waals surface area contributed by atoms with Gasteiger partial charge in [0.25, 0.3) is 11.8 Å². The van der Waals surface area contributed by atoms with Crippen LogP contribution in [0.3, 0.4) is 0 Å². The Kier molecular flexibility index (Phi) is 5.99. The van der Waals surface area contributed by atoms with Crippen molar-refractivity contribution in [3.8, 4) is 0 Å². The highest BCUT2D eigenvalue weighted by molar-refractivity contribution is 6.73. The molecule has 0 bridgehead atoms. The first kappa shape index (κ1) is 18.9. The second-order valence-corrected chi connectivity index (χ2v) is 11.6. The molecule has 132 valence electrons. The average Bonchev–Trinajstić information content (AvgIpc) is 2.61. The second-order valence-electron chi connectivity index (χ2n) is 6.90. The largest absolute Gasteiger partial charge is 0.403 e. The maximum absolute atomic E-state index is 12.7. The number of imide groups is 1. The van der Waals surface area contributed by atoms with Gasteiger partial charge in [0.05, 0.1) is 6.04 Å². The van der Waals surface area contributed by atoms with E-state index in [0.717, 1.165) is 18.1 Å². The lowest BCUT2D eigenvalue weighted by Crippen LogP contribution is -2.71. The van der Waals surface area contributed by atoms with Gasteiger partial charge in [0.1, 0.15) is 6.10 Å². The Morgan fingerprint density at radius 1 is 1.12 bits per heavy atom. The van der Waals surface area contributed by atoms with Crippen LogP contribution in [-0.4, -0.2) is 37.2 Å². The summed E-state index contributed by atoms with van der Waals surface area (Å²) in [5.74, 6) is -0.205. The smallest absolute Gasteiger partial charge is 0.260 e. The van der Waals surface area contributed by atoms with E-state index >= 15 is 0 Å². The number of rotatable bonds is 7. The van der Waals surface area contributed by atoms with Crippen LogP contribution in [0.4, 0.5) is 0 Å². The van der Waals surface area contributed by atoms with Crippen LogP contribution in [0.2, 0.25) is 18.1 Å². The summed E-state index contributed by atoms with van der Waals surface area (Å²) in [6, 6.07) is 11.8. The van der Waals surface area contributed by atoms with Crippen molar-refractivity contribution >= 4 is 20.1 Å². The minimum absolute atomic E-state index is 0.165. The number of carbonyl (C=O) groups is 2. The number of β-lactam (4-membered cyclic amide) rings is 1. The SMILES string of the molecule is CC[Si](CC)(CC)O[C@@H]1C(=O)N(C(=O)c2ccccc2)[C@@H]1C(C)C. The van der Waals surface area contributed by atoms with Crippen molar-refractivity contribution in [2.24, 2.45) is 5.92 Å². The van der Waals surface area contributed by atoms with Gasteiger partial charge in [-0.1, -0.05) is 52.8 Å². The zero-order chi connectivity index (χ0) is 17.9. The van der Waals surface area contributed by atoms with E-state index in [1.54, 1.807) is 12.1 Å². The van der Waals surface area contributed by atoms with Crippen molar-refractivity contribution in [2.75, 3.05) is 0 Å². The molecule has 24 heavy (non-hydrogen) atoms. The quantitative estimate of drug-likeness (QED) is 0.424. The number of hydrogen-bond donors (Lipinski definition) is 0. The van der Waals surface area contributed by atoms with Crippen LogP contribution in [0, 0.1) is 5.92 Å². The summed E-state index contributed by atoms with van der Waals surface area (Å²) in [5, 5.41) is 0. The first-order chi connectivity index (χ1) is 11.4. The normalized spacial score (nSPS) is 21.1. The number of nitrogens with zero attached hydrogens (tertiary/aromatic N) is 1. The topological polar surface area (TPSA) is 46.6 Å². The lowest BCUT2D eigenvalue weighted by Gasteiger charge is -2.50. The number of benzene rings is 1. The fourth-order valence-corrected chi connectivity index (χ4v) is 6.25. The third-order valence-electron chi connectivity index (χ3n) is 5.32. The summed E-state index contributed by atoms with van der Waals surface area (Å²) < 4.78 is 6.42. The van der Waals surface area contributed by atoms with Crippen molar-refractivity contribution in [1.29, 1.82) is 0 Å². The molecular weight excluding hydrogens is 318 g/mol. The first-order valence-electron chi connectivity index (χ1n) is 9.01. The maximum Gasteiger partial charge on any atom is 0.260 e. The van der Waals surface area contributed by atoms with Gasteiger partial charge in [-0.2, -0.15) is 0 Å². The Labute approximate surface area is 146 Å². The van der Waals surface area contributed by atoms with Gasteiger partial charge in [-0.25, -0.2) is 0 Å². The molecule has 0 aromatic heterocycles. The van der Waals surface area contributed by atoms with Crippen molar-refractivity contribution in [3.05, 3.63) is 35.9 Å². The Morgan fingerprint density at radius 3 is 2.12 bits per heavy atom. The second kappa shape index (κ2) is 7.62. The zero-order valence-electron chi connectivity index (χ0n) is 15.4. The predicted octanol–water partition coefficient (Wildman–Crippen LogP) is 4.08. The molecule has 5 heteroatoms. The summed E-state index contributed by atoms with van der Waals surface area (Å²) in [7, 11) is -1.88. The van der Waals surface area contributed by atoms with E-state index in [-0.39, 0.29) is 23.8 Å². The van der Waals surface area contributed by atoms with E-state index < -0.39 is 14.4 Å². The highest BCUT2D eigenvalue weighted by Gasteiger charge is 2.55. The summed E-state index contributed by atoms with van der Waals surface area (Å²) in [5.41, 5.74) is 0.555. The number of hydrogen-bond acceptors (Lipinski definition) is 3. The summed E-state index contributed by atoms with van der Waals surface area (Å²) in [6.45, 7) is 10.6. The lowest BCUT2D eigenvalue weighted by molar-refractivity contribution is -0.161. The molecule has 2 atom stereocenters. The number of carbonyl (C=O) groups excluding carboxylic acids is 2. The molecule has 2 rings (SSSR count). The van der Waals surface area contributed by atoms with Gasteiger partial charge in [-0.3, -0.25) is 14.5 Å². The van der Waals surface area contributed by atoms with Crippen molar-refractivity contribution in [1.82, 2.24) is 4.90 Å². The van der Waals surface area contributed by atoms with E-state index in [1.165, 1.54) is 4.90 Å². The summed E-state index contributed by atoms with van der Waals surface area (Å²) in [4.78, 5) is 26.9. The third-order valence-corrected chi connectivity index (χ3v) is 9.94. The minimum Gasteiger partial charge on any atom is -0.403 e. The van der Waals surface area contributed by atoms with Gasteiger partial charge in [0.15, 0.2) is 8.32 Å². The highest BCUT2D eigenvalue weighted by Crippen LogP contribution is 2.35. The van der Waals surface area contributed by atoms with Gasteiger partial charge >= 0.3 is 0 Å². The molecule has 1 aliphatic rings. The Morgan fingerprint density at radius 2 is 1.67 bits per heavy atom. The molecule has 0 spiro atoms. The molecule has 4 nitrogen and oxygen atoms in total. The van der Waals surface area contributed by atoms with Gasteiger partial charge in [0.2, 0.25) is 0 Å². The number of likely N-dealkylation sites (tertiary alicyclic amines) is 1. The fourth-order valence-electron chi connectivity index (χ4n) is 3.48. The maximum atomic E-state index is 12.7. The molecular formula is C19H29NO3Si. The molecule has 1 heterocycles. The van der Waals surface area contributed by atoms with Crippen molar-refractivity contribution < 1.29 is 14.0 Å². The molecule has 1 aliphatic heterocycles. The monoisotopic (exact) mass is 347 g/mol. The molecule has 1 saturated heterocycles. The Balaban J connectivity index is 2.22. The van der Waals surface area contributed by atoms with Gasteiger partial charge in [-0.05, 0) is 36.2 Å². The van der Waals surface area contributed by atoms with Crippen LogP contribution in [0.1, 0.15) is 45.0 Å².